The molecule has 0 spiro atoms. The number of hydrogen-bond acceptors (Lipinski definition) is 5. The van der Waals surface area contributed by atoms with Crippen molar-refractivity contribution in [2.75, 3.05) is 12.3 Å². The van der Waals surface area contributed by atoms with E-state index in [0.717, 1.165) is 0 Å². The number of carbonyl (C=O) groups excluding carboxylic acids is 2. The van der Waals surface area contributed by atoms with Crippen LogP contribution >= 0.6 is 11.6 Å². The molecule has 0 unspecified atom stereocenters. The zero-order chi connectivity index (χ0) is 13.7. The van der Waals surface area contributed by atoms with Crippen LogP contribution < -0.4 is 5.73 Å². The van der Waals surface area contributed by atoms with Crippen LogP contribution in [0, 0.1) is 0 Å². The predicted molar refractivity (Wildman–Crippen MR) is 67.4 cm³/mol. The molecular formula is C12H14ClNO4. The summed E-state index contributed by atoms with van der Waals surface area (Å²) in [5.74, 6) is -1.33. The van der Waals surface area contributed by atoms with E-state index in [0.29, 0.717) is 5.69 Å². The summed E-state index contributed by atoms with van der Waals surface area (Å²) in [6.07, 6.45) is -0.257. The topological polar surface area (TPSA) is 78.6 Å². The Hall–Kier alpha value is -1.75. The molecule has 0 heterocycles. The Morgan fingerprint density at radius 3 is 2.67 bits per heavy atom. The van der Waals surface area contributed by atoms with Gasteiger partial charge in [0.05, 0.1) is 16.7 Å². The fourth-order valence-corrected chi connectivity index (χ4v) is 1.39. The third-order valence-electron chi connectivity index (χ3n) is 1.90. The van der Waals surface area contributed by atoms with Crippen LogP contribution in [0.2, 0.25) is 5.02 Å². The van der Waals surface area contributed by atoms with E-state index in [9.17, 15) is 9.59 Å². The molecule has 0 saturated heterocycles. The molecule has 1 aromatic rings. The normalized spacial score (nSPS) is 10.2. The van der Waals surface area contributed by atoms with Crippen molar-refractivity contribution in [3.05, 3.63) is 28.8 Å². The van der Waals surface area contributed by atoms with Crippen LogP contribution in [0.1, 0.15) is 24.2 Å². The number of halogens is 1. The highest BCUT2D eigenvalue weighted by molar-refractivity contribution is 6.33. The molecule has 0 atom stereocenters. The Labute approximate surface area is 110 Å². The minimum atomic E-state index is -0.715. The number of anilines is 1. The Morgan fingerprint density at radius 1 is 1.39 bits per heavy atom. The lowest BCUT2D eigenvalue weighted by Crippen LogP contribution is -2.19. The van der Waals surface area contributed by atoms with Gasteiger partial charge >= 0.3 is 11.9 Å². The fourth-order valence-electron chi connectivity index (χ4n) is 1.20. The van der Waals surface area contributed by atoms with Gasteiger partial charge in [0, 0.05) is 5.69 Å². The van der Waals surface area contributed by atoms with Crippen molar-refractivity contribution in [2.45, 2.75) is 20.0 Å². The second-order valence-corrected chi connectivity index (χ2v) is 4.26. The van der Waals surface area contributed by atoms with Crippen molar-refractivity contribution < 1.29 is 19.1 Å². The zero-order valence-corrected chi connectivity index (χ0v) is 10.9. The monoisotopic (exact) mass is 271 g/mol. The lowest BCUT2D eigenvalue weighted by atomic mass is 10.2. The standard InChI is InChI=1S/C12H14ClNO4/c1-7(2)18-11(15)6-17-12(16)9-5-8(14)3-4-10(9)13/h3-5,7H,6,14H2,1-2H3. The van der Waals surface area contributed by atoms with Gasteiger partial charge in [-0.3, -0.25) is 0 Å². The van der Waals surface area contributed by atoms with Gasteiger partial charge in [0.1, 0.15) is 0 Å². The van der Waals surface area contributed by atoms with Crippen molar-refractivity contribution in [2.24, 2.45) is 0 Å². The van der Waals surface area contributed by atoms with Gasteiger partial charge in [-0.05, 0) is 32.0 Å². The maximum absolute atomic E-state index is 11.6. The summed E-state index contributed by atoms with van der Waals surface area (Å²) >= 11 is 5.82. The van der Waals surface area contributed by atoms with E-state index in [2.05, 4.69) is 0 Å². The maximum Gasteiger partial charge on any atom is 0.344 e. The lowest BCUT2D eigenvalue weighted by Gasteiger charge is -2.09. The number of benzene rings is 1. The van der Waals surface area contributed by atoms with Gasteiger partial charge in [-0.2, -0.15) is 0 Å². The first-order valence-corrected chi connectivity index (χ1v) is 5.69. The number of rotatable bonds is 4. The average Bonchev–Trinajstić information content (AvgIpc) is 2.28. The van der Waals surface area contributed by atoms with Crippen molar-refractivity contribution >= 4 is 29.2 Å². The van der Waals surface area contributed by atoms with Crippen LogP contribution in [0.25, 0.3) is 0 Å². The van der Waals surface area contributed by atoms with E-state index >= 15 is 0 Å². The molecule has 0 bridgehead atoms. The highest BCUT2D eigenvalue weighted by atomic mass is 35.5. The van der Waals surface area contributed by atoms with Gasteiger partial charge in [-0.15, -0.1) is 0 Å². The highest BCUT2D eigenvalue weighted by Gasteiger charge is 2.15. The van der Waals surface area contributed by atoms with E-state index in [-0.39, 0.29) is 16.7 Å². The van der Waals surface area contributed by atoms with Crippen LogP contribution in [-0.4, -0.2) is 24.6 Å². The summed E-state index contributed by atoms with van der Waals surface area (Å²) in [6, 6.07) is 4.44. The number of carbonyl (C=O) groups is 2. The van der Waals surface area contributed by atoms with Crippen molar-refractivity contribution in [3.63, 3.8) is 0 Å². The molecule has 1 rings (SSSR count). The molecule has 18 heavy (non-hydrogen) atoms. The third-order valence-corrected chi connectivity index (χ3v) is 2.23. The van der Waals surface area contributed by atoms with Gasteiger partial charge in [0.2, 0.25) is 0 Å². The molecule has 0 amide bonds. The summed E-state index contributed by atoms with van der Waals surface area (Å²) in [5.41, 5.74) is 6.03. The Kier molecular flexibility index (Phi) is 4.97. The summed E-state index contributed by atoms with van der Waals surface area (Å²) in [5, 5.41) is 0.214. The first-order chi connectivity index (χ1) is 8.40. The zero-order valence-electron chi connectivity index (χ0n) is 10.1. The maximum atomic E-state index is 11.6. The Morgan fingerprint density at radius 2 is 2.06 bits per heavy atom. The Balaban J connectivity index is 2.60. The lowest BCUT2D eigenvalue weighted by molar-refractivity contribution is -0.150. The minimum absolute atomic E-state index is 0.119. The molecule has 0 radical (unpaired) electrons. The van der Waals surface area contributed by atoms with Crippen LogP contribution in [0.4, 0.5) is 5.69 Å². The smallest absolute Gasteiger partial charge is 0.344 e. The van der Waals surface area contributed by atoms with Crippen molar-refractivity contribution in [1.29, 1.82) is 0 Å². The number of hydrogen-bond donors (Lipinski definition) is 1. The minimum Gasteiger partial charge on any atom is -0.460 e. The first kappa shape index (κ1) is 14.3. The third kappa shape index (κ3) is 4.25. The molecule has 0 fully saturated rings. The second kappa shape index (κ2) is 6.26. The van der Waals surface area contributed by atoms with Gasteiger partial charge in [0.15, 0.2) is 6.61 Å². The molecule has 1 aromatic carbocycles. The summed E-state index contributed by atoms with van der Waals surface area (Å²) in [4.78, 5) is 22.8. The van der Waals surface area contributed by atoms with E-state index < -0.39 is 18.5 Å². The summed E-state index contributed by atoms with van der Waals surface area (Å²) in [7, 11) is 0. The van der Waals surface area contributed by atoms with Crippen molar-refractivity contribution in [3.8, 4) is 0 Å². The van der Waals surface area contributed by atoms with Crippen molar-refractivity contribution in [1.82, 2.24) is 0 Å². The second-order valence-electron chi connectivity index (χ2n) is 3.85. The quantitative estimate of drug-likeness (QED) is 0.670. The van der Waals surface area contributed by atoms with Gasteiger partial charge in [-0.1, -0.05) is 11.6 Å². The Bertz CT molecular complexity index is 459. The summed E-state index contributed by atoms with van der Waals surface area (Å²) in [6.45, 7) is 2.95. The molecule has 5 nitrogen and oxygen atoms in total. The number of esters is 2. The van der Waals surface area contributed by atoms with Crippen LogP contribution in [0.3, 0.4) is 0 Å². The molecule has 6 heteroatoms. The number of nitrogen functional groups attached to an aromatic ring is 1. The molecule has 0 aliphatic heterocycles. The van der Waals surface area contributed by atoms with Gasteiger partial charge in [0.25, 0.3) is 0 Å². The predicted octanol–water partition coefficient (Wildman–Crippen LogP) is 2.03. The number of ether oxygens (including phenoxy) is 2. The average molecular weight is 272 g/mol. The SMILES string of the molecule is CC(C)OC(=O)COC(=O)c1cc(N)ccc1Cl. The molecular weight excluding hydrogens is 258 g/mol. The summed E-state index contributed by atoms with van der Waals surface area (Å²) < 4.78 is 9.59. The van der Waals surface area contributed by atoms with Crippen LogP contribution in [-0.2, 0) is 14.3 Å². The molecule has 0 aliphatic carbocycles. The molecule has 0 aliphatic rings. The van der Waals surface area contributed by atoms with Crippen LogP contribution in [0.15, 0.2) is 18.2 Å². The van der Waals surface area contributed by atoms with E-state index in [1.165, 1.54) is 12.1 Å². The van der Waals surface area contributed by atoms with Gasteiger partial charge < -0.3 is 15.2 Å². The molecule has 0 saturated carbocycles. The van der Waals surface area contributed by atoms with E-state index in [1.807, 2.05) is 0 Å². The highest BCUT2D eigenvalue weighted by Crippen LogP contribution is 2.19. The fraction of sp³-hybridized carbons (Fsp3) is 0.333. The molecule has 0 aromatic heterocycles. The molecule has 2 N–H and O–H groups in total. The number of nitrogens with two attached hydrogens (primary N) is 1. The van der Waals surface area contributed by atoms with Gasteiger partial charge in [-0.25, -0.2) is 9.59 Å². The van der Waals surface area contributed by atoms with Crippen LogP contribution in [0.5, 0.6) is 0 Å². The largest absolute Gasteiger partial charge is 0.460 e. The first-order valence-electron chi connectivity index (χ1n) is 5.31. The van der Waals surface area contributed by atoms with E-state index in [1.54, 1.807) is 19.9 Å². The van der Waals surface area contributed by atoms with E-state index in [4.69, 9.17) is 26.8 Å². The molecule has 98 valence electrons.